The number of rotatable bonds is 5. The van der Waals surface area contributed by atoms with E-state index in [0.717, 1.165) is 74.8 Å². The molecule has 5 nitrogen and oxygen atoms in total. The van der Waals surface area contributed by atoms with Crippen LogP contribution < -0.4 is 15.4 Å². The van der Waals surface area contributed by atoms with Crippen LogP contribution in [-0.2, 0) is 11.8 Å². The third-order valence-electron chi connectivity index (χ3n) is 12.7. The third-order valence-corrected chi connectivity index (χ3v) is 12.7. The number of fused-ring (bicyclic) bond motifs is 10. The van der Waals surface area contributed by atoms with Gasteiger partial charge in [0.25, 0.3) is 0 Å². The van der Waals surface area contributed by atoms with Crippen LogP contribution in [0.2, 0.25) is 0 Å². The number of ether oxygens (including phenoxy) is 1. The first kappa shape index (κ1) is 34.7. The number of nitrogens with one attached hydrogen (secondary N) is 2. The van der Waals surface area contributed by atoms with Crippen LogP contribution in [0, 0.1) is 0 Å². The minimum Gasteiger partial charge on any atom is -0.457 e. The molecule has 2 atom stereocenters. The van der Waals surface area contributed by atoms with Gasteiger partial charge in [-0.05, 0) is 105 Å². The minimum absolute atomic E-state index is 0.113. The SMILES string of the molecule is C1=C(c2ccc3c(c2)C2(c4ccccc4Oc4ccccc42)c2cc(-c4cccc(C5N=C(c6ccccc6)NC(c6ccccc6)N5)c4)ccc2-3)c2ncccc2CC1. The van der Waals surface area contributed by atoms with Gasteiger partial charge >= 0.3 is 0 Å². The Morgan fingerprint density at radius 1 is 0.533 bits per heavy atom. The van der Waals surface area contributed by atoms with Gasteiger partial charge in [0, 0.05) is 28.5 Å². The van der Waals surface area contributed by atoms with E-state index in [-0.39, 0.29) is 12.3 Å². The second kappa shape index (κ2) is 13.9. The summed E-state index contributed by atoms with van der Waals surface area (Å²) >= 11 is 0. The highest BCUT2D eigenvalue weighted by Gasteiger charge is 2.51. The Hall–Kier alpha value is -7.34. The molecule has 0 radical (unpaired) electrons. The minimum atomic E-state index is -0.615. The first-order chi connectivity index (χ1) is 29.7. The molecule has 0 saturated carbocycles. The standard InChI is InChI=1S/C55H40N4O/c1-3-14-36(15-4-1)52-57-53(37-16-5-2-6-17-37)59-54(58-52)41-20-11-19-38(32-41)39-27-29-43-44-30-28-40(42-22-12-18-35-21-13-31-56-51(35)42)34-48(44)55(47(43)33-39)45-23-7-9-25-49(45)60-50-26-10-8-24-46(50)55/h1-11,13-17,19-34,52,54,58H,12,18H2,(H,57,59). The number of amidine groups is 1. The lowest BCUT2D eigenvalue weighted by atomic mass is 9.65. The van der Waals surface area contributed by atoms with Crippen molar-refractivity contribution in [1.82, 2.24) is 15.6 Å². The van der Waals surface area contributed by atoms with Crippen LogP contribution in [0.4, 0.5) is 0 Å². The summed E-state index contributed by atoms with van der Waals surface area (Å²) in [6.45, 7) is 0. The quantitative estimate of drug-likeness (QED) is 0.183. The van der Waals surface area contributed by atoms with Gasteiger partial charge in [-0.1, -0.05) is 152 Å². The zero-order valence-corrected chi connectivity index (χ0v) is 32.8. The lowest BCUT2D eigenvalue weighted by Gasteiger charge is -2.39. The smallest absolute Gasteiger partial charge is 0.132 e. The number of aliphatic imine (C=N–C) groups is 1. The Labute approximate surface area is 349 Å². The molecule has 3 heterocycles. The Morgan fingerprint density at radius 3 is 1.93 bits per heavy atom. The Morgan fingerprint density at radius 2 is 1.17 bits per heavy atom. The van der Waals surface area contributed by atoms with E-state index in [2.05, 4.69) is 193 Å². The Kier molecular flexibility index (Phi) is 8.03. The number of hydrogen-bond donors (Lipinski definition) is 2. The highest BCUT2D eigenvalue weighted by Crippen LogP contribution is 2.62. The zero-order chi connectivity index (χ0) is 39.6. The number of allylic oxidation sites excluding steroid dienone is 1. The molecule has 60 heavy (non-hydrogen) atoms. The van der Waals surface area contributed by atoms with Crippen LogP contribution in [0.25, 0.3) is 27.8 Å². The maximum absolute atomic E-state index is 6.72. The summed E-state index contributed by atoms with van der Waals surface area (Å²) in [6, 6.07) is 65.4. The number of hydrogen-bond acceptors (Lipinski definition) is 5. The average molecular weight is 773 g/mol. The van der Waals surface area contributed by atoms with Crippen molar-refractivity contribution in [2.45, 2.75) is 30.6 Å². The van der Waals surface area contributed by atoms with E-state index in [1.54, 1.807) is 0 Å². The van der Waals surface area contributed by atoms with Crippen molar-refractivity contribution in [2.24, 2.45) is 4.99 Å². The maximum Gasteiger partial charge on any atom is 0.132 e. The molecule has 7 aromatic carbocycles. The van der Waals surface area contributed by atoms with E-state index in [9.17, 15) is 0 Å². The van der Waals surface area contributed by atoms with Crippen LogP contribution in [0.1, 0.15) is 74.5 Å². The van der Waals surface area contributed by atoms with E-state index < -0.39 is 5.41 Å². The van der Waals surface area contributed by atoms with Crippen LogP contribution in [0.5, 0.6) is 11.5 Å². The van der Waals surface area contributed by atoms with Gasteiger partial charge in [0.1, 0.15) is 29.7 Å². The van der Waals surface area contributed by atoms with Crippen LogP contribution in [0.3, 0.4) is 0 Å². The molecule has 2 aliphatic carbocycles. The van der Waals surface area contributed by atoms with Gasteiger partial charge in [0.15, 0.2) is 0 Å². The largest absolute Gasteiger partial charge is 0.457 e. The molecule has 12 rings (SSSR count). The van der Waals surface area contributed by atoms with E-state index in [4.69, 9.17) is 14.7 Å². The number of para-hydroxylation sites is 2. The lowest BCUT2D eigenvalue weighted by molar-refractivity contribution is 0.409. The molecule has 1 spiro atoms. The lowest BCUT2D eigenvalue weighted by Crippen LogP contribution is -2.44. The molecule has 8 aromatic rings. The molecule has 0 bridgehead atoms. The third kappa shape index (κ3) is 5.43. The highest BCUT2D eigenvalue weighted by molar-refractivity contribution is 5.99. The predicted octanol–water partition coefficient (Wildman–Crippen LogP) is 11.9. The summed E-state index contributed by atoms with van der Waals surface area (Å²) in [5.41, 5.74) is 17.1. The fourth-order valence-corrected chi connectivity index (χ4v) is 10.0. The van der Waals surface area contributed by atoms with E-state index in [1.807, 2.05) is 12.3 Å². The number of nitrogens with zero attached hydrogens (tertiary/aromatic N) is 2. The van der Waals surface area contributed by atoms with Crippen LogP contribution in [0.15, 0.2) is 199 Å². The monoisotopic (exact) mass is 772 g/mol. The van der Waals surface area contributed by atoms with Crippen LogP contribution >= 0.6 is 0 Å². The summed E-state index contributed by atoms with van der Waals surface area (Å²) in [5.74, 6) is 2.64. The molecule has 2 unspecified atom stereocenters. The Balaban J connectivity index is 1.02. The van der Waals surface area contributed by atoms with Crippen molar-refractivity contribution in [3.05, 3.63) is 250 Å². The first-order valence-electron chi connectivity index (χ1n) is 20.8. The molecule has 2 N–H and O–H groups in total. The van der Waals surface area contributed by atoms with Gasteiger partial charge < -0.3 is 10.1 Å². The van der Waals surface area contributed by atoms with Gasteiger partial charge in [0.2, 0.25) is 0 Å². The van der Waals surface area contributed by atoms with Gasteiger partial charge in [-0.3, -0.25) is 10.3 Å². The summed E-state index contributed by atoms with van der Waals surface area (Å²) in [7, 11) is 0. The van der Waals surface area contributed by atoms with E-state index in [1.165, 1.54) is 39.0 Å². The van der Waals surface area contributed by atoms with Crippen molar-refractivity contribution in [3.63, 3.8) is 0 Å². The van der Waals surface area contributed by atoms with Crippen molar-refractivity contribution >= 4 is 11.4 Å². The van der Waals surface area contributed by atoms with Crippen molar-refractivity contribution in [3.8, 4) is 33.8 Å². The summed E-state index contributed by atoms with van der Waals surface area (Å²) in [5, 5.41) is 7.47. The molecule has 1 aromatic heterocycles. The summed E-state index contributed by atoms with van der Waals surface area (Å²) < 4.78 is 6.72. The van der Waals surface area contributed by atoms with Gasteiger partial charge in [-0.2, -0.15) is 0 Å². The number of benzene rings is 7. The molecule has 2 aliphatic heterocycles. The van der Waals surface area contributed by atoms with E-state index >= 15 is 0 Å². The number of pyridine rings is 1. The second-order valence-electron chi connectivity index (χ2n) is 16.1. The second-order valence-corrected chi connectivity index (χ2v) is 16.1. The average Bonchev–Trinajstić information content (AvgIpc) is 3.61. The fourth-order valence-electron chi connectivity index (χ4n) is 10.0. The summed E-state index contributed by atoms with van der Waals surface area (Å²) in [4.78, 5) is 10.2. The fraction of sp³-hybridized carbons (Fsp3) is 0.0909. The highest BCUT2D eigenvalue weighted by atomic mass is 16.5. The molecule has 286 valence electrons. The van der Waals surface area contributed by atoms with Gasteiger partial charge in [0.05, 0.1) is 11.1 Å². The summed E-state index contributed by atoms with van der Waals surface area (Å²) in [6.07, 6.45) is 5.92. The molecular formula is C55H40N4O. The number of aryl methyl sites for hydroxylation is 1. The topological polar surface area (TPSA) is 58.5 Å². The zero-order valence-electron chi connectivity index (χ0n) is 32.8. The van der Waals surface area contributed by atoms with Crippen molar-refractivity contribution in [2.75, 3.05) is 0 Å². The molecule has 0 saturated heterocycles. The van der Waals surface area contributed by atoms with E-state index in [0.29, 0.717) is 0 Å². The van der Waals surface area contributed by atoms with Gasteiger partial charge in [-0.15, -0.1) is 0 Å². The first-order valence-corrected chi connectivity index (χ1v) is 20.8. The van der Waals surface area contributed by atoms with Gasteiger partial charge in [-0.25, -0.2) is 4.99 Å². The molecule has 4 aliphatic rings. The van der Waals surface area contributed by atoms with Crippen molar-refractivity contribution in [1.29, 1.82) is 0 Å². The Bertz CT molecular complexity index is 3000. The predicted molar refractivity (Wildman–Crippen MR) is 240 cm³/mol. The molecule has 0 fully saturated rings. The normalized spacial score (nSPS) is 17.7. The molecule has 5 heteroatoms. The molecule has 0 amide bonds. The van der Waals surface area contributed by atoms with Crippen molar-refractivity contribution < 1.29 is 4.74 Å². The molecular weight excluding hydrogens is 733 g/mol. The maximum atomic E-state index is 6.72. The number of aromatic nitrogens is 1. The van der Waals surface area contributed by atoms with Crippen LogP contribution in [-0.4, -0.2) is 10.8 Å².